The number of hydrogen-bond donors (Lipinski definition) is 4. The van der Waals surface area contributed by atoms with Gasteiger partial charge in [0, 0.05) is 110 Å². The molecule has 14 nitrogen and oxygen atoms in total. The van der Waals surface area contributed by atoms with Gasteiger partial charge in [-0.3, -0.25) is 0 Å². The van der Waals surface area contributed by atoms with Crippen molar-refractivity contribution in [1.29, 1.82) is 0 Å². The molecule has 0 fully saturated rings. The molecule has 4 atom stereocenters. The van der Waals surface area contributed by atoms with Gasteiger partial charge < -0.3 is 67.2 Å². The zero-order valence-electron chi connectivity index (χ0n) is 40.1. The van der Waals surface area contributed by atoms with Crippen LogP contribution in [0.15, 0.2) is 0 Å². The van der Waals surface area contributed by atoms with Crippen LogP contribution in [0.1, 0.15) is 123 Å². The summed E-state index contributed by atoms with van der Waals surface area (Å²) in [6.07, 6.45) is 3.74. The van der Waals surface area contributed by atoms with E-state index in [4.69, 9.17) is 67.2 Å². The summed E-state index contributed by atoms with van der Waals surface area (Å²) in [5.41, 5.74) is 21.2. The fourth-order valence-electron chi connectivity index (χ4n) is 4.53. The number of nitrogens with two attached hydrogens (primary N) is 4. The minimum atomic E-state index is -2.51. The SMILES string of the molecule is CCO[Si](CCCN)(OC)OC(C)(C)C.CCO[Si](CCCN)(OC)OC(C)(C)C.CO[SiH](CCCN)OC(C)(C)C.CO[SiH](CCCN)OC(C)(C)C.S=S.S=S. The molecule has 0 aliphatic heterocycles. The quantitative estimate of drug-likeness (QED) is 0.0876. The third-order valence-electron chi connectivity index (χ3n) is 6.43. The Bertz CT molecular complexity index is 818. The van der Waals surface area contributed by atoms with Gasteiger partial charge in [-0.2, -0.15) is 0 Å². The van der Waals surface area contributed by atoms with E-state index in [1.165, 1.54) is 0 Å². The molecule has 0 aliphatic rings. The molecule has 0 aromatic carbocycles. The molecule has 0 bridgehead atoms. The first-order chi connectivity index (χ1) is 26.8. The van der Waals surface area contributed by atoms with Crippen molar-refractivity contribution in [3.8, 4) is 0 Å². The maximum Gasteiger partial charge on any atom is 0.501 e. The van der Waals surface area contributed by atoms with Gasteiger partial charge in [0.25, 0.3) is 0 Å². The molecule has 4 unspecified atom stereocenters. The Balaban J connectivity index is -0.000000151. The van der Waals surface area contributed by atoms with Crippen LogP contribution >= 0.6 is 0 Å². The second-order valence-electron chi connectivity index (χ2n) is 16.5. The summed E-state index contributed by atoms with van der Waals surface area (Å²) >= 11 is 14.7. The Labute approximate surface area is 383 Å². The summed E-state index contributed by atoms with van der Waals surface area (Å²) in [6, 6.07) is 3.57. The van der Waals surface area contributed by atoms with Gasteiger partial charge in [0.15, 0.2) is 0 Å². The van der Waals surface area contributed by atoms with Crippen LogP contribution in [-0.2, 0) is 89.0 Å². The molecule has 22 heteroatoms. The predicted octanol–water partition coefficient (Wildman–Crippen LogP) is 5.57. The Morgan fingerprint density at radius 3 is 0.862 bits per heavy atom. The van der Waals surface area contributed by atoms with Gasteiger partial charge >= 0.3 is 36.2 Å². The van der Waals surface area contributed by atoms with Crippen LogP contribution < -0.4 is 22.9 Å². The van der Waals surface area contributed by atoms with Crippen LogP contribution in [0.2, 0.25) is 24.2 Å². The largest absolute Gasteiger partial charge is 0.501 e. The van der Waals surface area contributed by atoms with E-state index >= 15 is 0 Å². The van der Waals surface area contributed by atoms with Crippen molar-refractivity contribution >= 4 is 80.9 Å². The van der Waals surface area contributed by atoms with Crippen LogP contribution in [0.3, 0.4) is 0 Å². The van der Waals surface area contributed by atoms with E-state index in [2.05, 4.69) is 86.3 Å². The zero-order chi connectivity index (χ0) is 47.1. The van der Waals surface area contributed by atoms with Crippen LogP contribution in [0, 0.1) is 0 Å². The van der Waals surface area contributed by atoms with Crippen molar-refractivity contribution in [3.05, 3.63) is 0 Å². The van der Waals surface area contributed by atoms with Gasteiger partial charge in [0.2, 0.25) is 0 Å². The molecule has 0 radical (unpaired) electrons. The van der Waals surface area contributed by atoms with Gasteiger partial charge in [-0.15, -0.1) is 0 Å². The Morgan fingerprint density at radius 2 is 0.707 bits per heavy atom. The normalized spacial score (nSPS) is 14.7. The van der Waals surface area contributed by atoms with Crippen molar-refractivity contribution < 1.29 is 44.3 Å². The molecule has 0 rings (SSSR count). The Hall–Kier alpha value is 1.19. The number of rotatable bonds is 24. The molecule has 0 saturated carbocycles. The molecule has 0 spiro atoms. The van der Waals surface area contributed by atoms with Gasteiger partial charge in [-0.1, -0.05) is 0 Å². The van der Waals surface area contributed by atoms with Crippen LogP contribution in [0.5, 0.6) is 0 Å². The monoisotopic (exact) mass is 980 g/mol. The summed E-state index contributed by atoms with van der Waals surface area (Å²) in [5.74, 6) is 0. The third kappa shape index (κ3) is 51.5. The lowest BCUT2D eigenvalue weighted by Gasteiger charge is -2.34. The first-order valence-corrected chi connectivity index (χ1v) is 30.1. The van der Waals surface area contributed by atoms with E-state index < -0.39 is 36.2 Å². The van der Waals surface area contributed by atoms with E-state index in [0.717, 1.165) is 62.9 Å². The summed E-state index contributed by atoms with van der Waals surface area (Å²) in [5, 5.41) is 0. The summed E-state index contributed by atoms with van der Waals surface area (Å²) in [7, 11) is -1.13. The van der Waals surface area contributed by atoms with Crippen molar-refractivity contribution in [2.45, 2.75) is 169 Å². The minimum Gasteiger partial charge on any atom is -0.400 e. The smallest absolute Gasteiger partial charge is 0.400 e. The molecule has 0 heterocycles. The molecule has 356 valence electrons. The lowest BCUT2D eigenvalue weighted by atomic mass is 10.2. The highest BCUT2D eigenvalue weighted by atomic mass is 32.8. The summed E-state index contributed by atoms with van der Waals surface area (Å²) < 4.78 is 56.4. The Morgan fingerprint density at radius 1 is 0.448 bits per heavy atom. The minimum absolute atomic E-state index is 0.0818. The average molecular weight is 982 g/mol. The van der Waals surface area contributed by atoms with Crippen molar-refractivity contribution in [1.82, 2.24) is 0 Å². The van der Waals surface area contributed by atoms with E-state index in [9.17, 15) is 0 Å². The van der Waals surface area contributed by atoms with E-state index in [1.54, 1.807) is 28.4 Å². The lowest BCUT2D eigenvalue weighted by molar-refractivity contribution is 0.00668. The molecular weight excluding hydrogens is 889 g/mol. The predicted molar refractivity (Wildman–Crippen MR) is 264 cm³/mol. The topological polar surface area (TPSA) is 196 Å². The molecule has 58 heavy (non-hydrogen) atoms. The first kappa shape index (κ1) is 70.8. The van der Waals surface area contributed by atoms with E-state index in [0.29, 0.717) is 26.3 Å². The zero-order valence-corrected chi connectivity index (χ0v) is 47.7. The molecule has 8 N–H and O–H groups in total. The van der Waals surface area contributed by atoms with Gasteiger partial charge in [-0.05, 0) is 161 Å². The molecule has 0 aromatic rings. The lowest BCUT2D eigenvalue weighted by Crippen LogP contribution is -2.50. The fourth-order valence-corrected chi connectivity index (χ4v) is 13.6. The maximum atomic E-state index is 5.96. The van der Waals surface area contributed by atoms with E-state index in [-0.39, 0.29) is 22.4 Å². The van der Waals surface area contributed by atoms with Crippen molar-refractivity contribution in [2.24, 2.45) is 22.9 Å². The molecule has 0 aromatic heterocycles. The highest BCUT2D eigenvalue weighted by Gasteiger charge is 2.43. The van der Waals surface area contributed by atoms with Crippen LogP contribution in [-0.4, -0.2) is 126 Å². The summed E-state index contributed by atoms with van der Waals surface area (Å²) in [4.78, 5) is 0. The first-order valence-electron chi connectivity index (χ1n) is 20.1. The van der Waals surface area contributed by atoms with Crippen LogP contribution in [0.4, 0.5) is 0 Å². The highest BCUT2D eigenvalue weighted by molar-refractivity contribution is 8.07. The molecule has 0 aliphatic carbocycles. The maximum absolute atomic E-state index is 5.96. The second-order valence-corrected chi connectivity index (χ2v) is 26.3. The summed E-state index contributed by atoms with van der Waals surface area (Å²) in [6.45, 7) is 32.2. The molecule has 0 amide bonds. The average Bonchev–Trinajstić information content (AvgIpc) is 3.13. The highest BCUT2D eigenvalue weighted by Crippen LogP contribution is 2.25. The molecule has 0 saturated heterocycles. The Kier molecular flexibility index (Phi) is 51.5. The van der Waals surface area contributed by atoms with Crippen LogP contribution in [0.25, 0.3) is 0 Å². The van der Waals surface area contributed by atoms with Gasteiger partial charge in [0.1, 0.15) is 0 Å². The fraction of sp³-hybridized carbons (Fsp3) is 1.00. The number of hydrogen-bond acceptors (Lipinski definition) is 18. The third-order valence-corrected chi connectivity index (χ3v) is 17.7. The second kappa shape index (κ2) is 42.2. The van der Waals surface area contributed by atoms with Gasteiger partial charge in [-0.25, -0.2) is 0 Å². The van der Waals surface area contributed by atoms with Crippen molar-refractivity contribution in [3.63, 3.8) is 0 Å². The standard InChI is InChI=1S/2C10H25NO3Si.2C8H21NO2Si.2S2/c2*1-6-13-15(12-5,9-7-8-11)14-10(2,3)4;2*1-8(2,3)11-12(10-4)7-5-6-9;2*1-2/h2*6-9,11H2,1-5H3;2*12H,5-7,9H2,1-4H3;;. The van der Waals surface area contributed by atoms with Gasteiger partial charge in [0.05, 0.1) is 11.2 Å². The molecular formula is C36H92N4O10S4Si4. The van der Waals surface area contributed by atoms with Crippen molar-refractivity contribution in [2.75, 3.05) is 67.8 Å². The van der Waals surface area contributed by atoms with E-state index in [1.807, 2.05) is 55.4 Å².